The van der Waals surface area contributed by atoms with Crippen LogP contribution in [0.15, 0.2) is 77.3 Å². The fourth-order valence-corrected chi connectivity index (χ4v) is 6.10. The monoisotopic (exact) mass is 657 g/mol. The molecule has 1 N–H and O–H groups in total. The highest BCUT2D eigenvalue weighted by atomic mass is 79.9. The molecule has 1 aliphatic rings. The van der Waals surface area contributed by atoms with Crippen molar-refractivity contribution < 1.29 is 27.5 Å². The smallest absolute Gasteiger partial charge is 0.244 e. The number of fused-ring (bicyclic) bond motifs is 1. The Labute approximate surface area is 256 Å². The molecule has 3 aromatic rings. The molecule has 9 nitrogen and oxygen atoms in total. The quantitative estimate of drug-likeness (QED) is 0.315. The van der Waals surface area contributed by atoms with Crippen molar-refractivity contribution in [1.29, 1.82) is 0 Å². The topological polar surface area (TPSA) is 105 Å². The highest BCUT2D eigenvalue weighted by Gasteiger charge is 2.35. The molecule has 0 spiro atoms. The minimum atomic E-state index is -3.89. The van der Waals surface area contributed by atoms with E-state index in [9.17, 15) is 18.0 Å². The van der Waals surface area contributed by atoms with Crippen LogP contribution in [0.4, 0.5) is 5.69 Å². The number of sulfonamides is 1. The number of carbonyl (C=O) groups excluding carboxylic acids is 2. The molecule has 0 fully saturated rings. The van der Waals surface area contributed by atoms with Crippen LogP contribution in [0.5, 0.6) is 11.5 Å². The Kier molecular flexibility index (Phi) is 9.83. The molecule has 4 rings (SSSR count). The fraction of sp³-hybridized carbons (Fsp3) is 0.355. The fourth-order valence-electron chi connectivity index (χ4n) is 4.60. The van der Waals surface area contributed by atoms with Gasteiger partial charge in [0.2, 0.25) is 28.6 Å². The average Bonchev–Trinajstić information content (AvgIpc) is 3.41. The largest absolute Gasteiger partial charge is 0.454 e. The van der Waals surface area contributed by atoms with E-state index in [1.807, 2.05) is 75.4 Å². The second-order valence-corrected chi connectivity index (χ2v) is 14.1. The van der Waals surface area contributed by atoms with E-state index in [0.717, 1.165) is 19.9 Å². The predicted octanol–water partition coefficient (Wildman–Crippen LogP) is 4.89. The van der Waals surface area contributed by atoms with E-state index in [4.69, 9.17) is 9.47 Å². The Bertz CT molecular complexity index is 1530. The number of nitrogens with one attached hydrogen (secondary N) is 1. The number of rotatable bonds is 11. The van der Waals surface area contributed by atoms with Gasteiger partial charge >= 0.3 is 0 Å². The Hall–Kier alpha value is -3.57. The molecular weight excluding hydrogens is 622 g/mol. The summed E-state index contributed by atoms with van der Waals surface area (Å²) in [6.07, 6.45) is 0.243. The van der Waals surface area contributed by atoms with Gasteiger partial charge in [-0.1, -0.05) is 58.4 Å². The molecule has 11 heteroatoms. The third-order valence-corrected chi connectivity index (χ3v) is 8.87. The number of nitrogens with zero attached hydrogens (tertiary/aromatic N) is 2. The standard InChI is InChI=1S/C31H36BrN3O6S/c1-5-42(38,39)35(25-14-15-27-28(18-25)41-21-40-27)20-29(36)34(19-23-12-9-13-24(32)16-23)26(30(37)33-31(2,3)4)17-22-10-7-6-8-11-22/h6-16,18,26H,5,17,19-21H2,1-4H3,(H,33,37). The van der Waals surface area contributed by atoms with Gasteiger partial charge in [-0.05, 0) is 63.1 Å². The highest BCUT2D eigenvalue weighted by molar-refractivity contribution is 9.10. The first-order valence-electron chi connectivity index (χ1n) is 13.7. The zero-order chi connectivity index (χ0) is 30.5. The van der Waals surface area contributed by atoms with Crippen LogP contribution < -0.4 is 19.1 Å². The summed E-state index contributed by atoms with van der Waals surface area (Å²) in [5.74, 6) is -0.179. The number of benzene rings is 3. The van der Waals surface area contributed by atoms with Gasteiger partial charge < -0.3 is 19.7 Å². The van der Waals surface area contributed by atoms with Crippen LogP contribution in [0.3, 0.4) is 0 Å². The Morgan fingerprint density at radius 1 is 0.952 bits per heavy atom. The number of hydrogen-bond acceptors (Lipinski definition) is 6. The van der Waals surface area contributed by atoms with Crippen LogP contribution in [0.25, 0.3) is 0 Å². The first-order chi connectivity index (χ1) is 19.9. The molecule has 1 unspecified atom stereocenters. The van der Waals surface area contributed by atoms with Crippen molar-refractivity contribution in [2.75, 3.05) is 23.4 Å². The predicted molar refractivity (Wildman–Crippen MR) is 166 cm³/mol. The third kappa shape index (κ3) is 8.04. The summed E-state index contributed by atoms with van der Waals surface area (Å²) in [5, 5.41) is 3.02. The van der Waals surface area contributed by atoms with Gasteiger partial charge in [-0.3, -0.25) is 13.9 Å². The molecule has 224 valence electrons. The van der Waals surface area contributed by atoms with Gasteiger partial charge in [0, 0.05) is 29.0 Å². The van der Waals surface area contributed by atoms with Crippen LogP contribution in [0, 0.1) is 0 Å². The molecule has 0 bridgehead atoms. The summed E-state index contributed by atoms with van der Waals surface area (Å²) in [4.78, 5) is 29.6. The van der Waals surface area contributed by atoms with Crippen LogP contribution in [-0.2, 0) is 32.6 Å². The zero-order valence-electron chi connectivity index (χ0n) is 24.2. The van der Waals surface area contributed by atoms with Crippen molar-refractivity contribution in [3.8, 4) is 11.5 Å². The number of hydrogen-bond donors (Lipinski definition) is 1. The maximum Gasteiger partial charge on any atom is 0.244 e. The molecule has 2 amide bonds. The molecule has 0 aliphatic carbocycles. The summed E-state index contributed by atoms with van der Waals surface area (Å²) < 4.78 is 39.4. The first-order valence-corrected chi connectivity index (χ1v) is 16.1. The molecule has 1 atom stereocenters. The summed E-state index contributed by atoms with van der Waals surface area (Å²) in [5.41, 5.74) is 1.37. The number of anilines is 1. The minimum absolute atomic E-state index is 0.0305. The van der Waals surface area contributed by atoms with Gasteiger partial charge in [-0.2, -0.15) is 0 Å². The number of carbonyl (C=O) groups is 2. The van der Waals surface area contributed by atoms with E-state index in [1.165, 1.54) is 11.8 Å². The number of ether oxygens (including phenoxy) is 2. The molecule has 0 aromatic heterocycles. The zero-order valence-corrected chi connectivity index (χ0v) is 26.6. The summed E-state index contributed by atoms with van der Waals surface area (Å²) in [6.45, 7) is 6.77. The van der Waals surface area contributed by atoms with Gasteiger partial charge in [-0.25, -0.2) is 8.42 Å². The Morgan fingerprint density at radius 3 is 2.31 bits per heavy atom. The lowest BCUT2D eigenvalue weighted by atomic mass is 10.0. The van der Waals surface area contributed by atoms with Crippen molar-refractivity contribution in [3.05, 3.63) is 88.4 Å². The number of halogens is 1. The summed E-state index contributed by atoms with van der Waals surface area (Å²) in [6, 6.07) is 20.8. The summed E-state index contributed by atoms with van der Waals surface area (Å²) >= 11 is 3.49. The van der Waals surface area contributed by atoms with E-state index in [2.05, 4.69) is 21.2 Å². The van der Waals surface area contributed by atoms with Crippen molar-refractivity contribution in [2.45, 2.75) is 52.2 Å². The molecule has 3 aromatic carbocycles. The maximum absolute atomic E-state index is 14.3. The van der Waals surface area contributed by atoms with Gasteiger partial charge in [0.15, 0.2) is 11.5 Å². The van der Waals surface area contributed by atoms with E-state index in [1.54, 1.807) is 18.2 Å². The Balaban J connectivity index is 1.76. The van der Waals surface area contributed by atoms with Crippen molar-refractivity contribution in [2.24, 2.45) is 0 Å². The van der Waals surface area contributed by atoms with Gasteiger partial charge in [0.25, 0.3) is 0 Å². The lowest BCUT2D eigenvalue weighted by Crippen LogP contribution is -2.56. The average molecular weight is 659 g/mol. The lowest BCUT2D eigenvalue weighted by molar-refractivity contribution is -0.140. The van der Waals surface area contributed by atoms with Crippen molar-refractivity contribution in [1.82, 2.24) is 10.2 Å². The van der Waals surface area contributed by atoms with Gasteiger partial charge in [0.05, 0.1) is 11.4 Å². The van der Waals surface area contributed by atoms with Crippen LogP contribution in [-0.4, -0.2) is 55.8 Å². The SMILES string of the molecule is CCS(=O)(=O)N(CC(=O)N(Cc1cccc(Br)c1)C(Cc1ccccc1)C(=O)NC(C)(C)C)c1ccc2c(c1)OCO2. The second kappa shape index (κ2) is 13.2. The molecule has 0 radical (unpaired) electrons. The lowest BCUT2D eigenvalue weighted by Gasteiger charge is -2.35. The van der Waals surface area contributed by atoms with Crippen LogP contribution in [0.2, 0.25) is 0 Å². The van der Waals surface area contributed by atoms with Crippen LogP contribution >= 0.6 is 15.9 Å². The first kappa shape index (κ1) is 31.4. The van der Waals surface area contributed by atoms with E-state index >= 15 is 0 Å². The van der Waals surface area contributed by atoms with Gasteiger partial charge in [0.1, 0.15) is 12.6 Å². The van der Waals surface area contributed by atoms with E-state index in [-0.39, 0.29) is 37.1 Å². The maximum atomic E-state index is 14.3. The van der Waals surface area contributed by atoms with Gasteiger partial charge in [-0.15, -0.1) is 0 Å². The molecule has 0 saturated carbocycles. The summed E-state index contributed by atoms with van der Waals surface area (Å²) in [7, 11) is -3.89. The number of amides is 2. The molecule has 42 heavy (non-hydrogen) atoms. The molecule has 1 aliphatic heterocycles. The Morgan fingerprint density at radius 2 is 1.64 bits per heavy atom. The van der Waals surface area contributed by atoms with E-state index in [0.29, 0.717) is 11.5 Å². The highest BCUT2D eigenvalue weighted by Crippen LogP contribution is 2.36. The molecule has 0 saturated heterocycles. The van der Waals surface area contributed by atoms with Crippen molar-refractivity contribution in [3.63, 3.8) is 0 Å². The molecular formula is C31H36BrN3O6S. The third-order valence-electron chi connectivity index (χ3n) is 6.63. The van der Waals surface area contributed by atoms with Crippen LogP contribution in [0.1, 0.15) is 38.8 Å². The van der Waals surface area contributed by atoms with E-state index < -0.39 is 34.1 Å². The van der Waals surface area contributed by atoms with Crippen molar-refractivity contribution >= 4 is 43.5 Å². The minimum Gasteiger partial charge on any atom is -0.454 e. The normalized spacial score (nSPS) is 13.4. The molecule has 1 heterocycles. The second-order valence-electron chi connectivity index (χ2n) is 11.0.